The Morgan fingerprint density at radius 3 is 3.00 bits per heavy atom. The van der Waals surface area contributed by atoms with Crippen LogP contribution in [0.2, 0.25) is 0 Å². The van der Waals surface area contributed by atoms with Crippen LogP contribution in [-0.4, -0.2) is 28.0 Å². The Morgan fingerprint density at radius 1 is 1.47 bits per heavy atom. The van der Waals surface area contributed by atoms with Crippen LogP contribution in [0.15, 0.2) is 12.4 Å². The number of aromatic nitrogens is 2. The Bertz CT molecular complexity index is 292. The Balaban J connectivity index is 1.86. The van der Waals surface area contributed by atoms with E-state index in [9.17, 15) is 0 Å². The van der Waals surface area contributed by atoms with Crippen molar-refractivity contribution in [2.75, 3.05) is 18.5 Å². The van der Waals surface area contributed by atoms with Crippen LogP contribution in [-0.2, 0) is 0 Å². The van der Waals surface area contributed by atoms with E-state index in [0.29, 0.717) is 6.04 Å². The molecule has 4 nitrogen and oxygen atoms in total. The minimum Gasteiger partial charge on any atom is -0.396 e. The highest BCUT2D eigenvalue weighted by Gasteiger charge is 2.17. The van der Waals surface area contributed by atoms with Crippen LogP contribution in [0, 0.1) is 0 Å². The summed E-state index contributed by atoms with van der Waals surface area (Å²) in [5.41, 5.74) is 1.07. The van der Waals surface area contributed by atoms with Gasteiger partial charge in [0.2, 0.25) is 0 Å². The lowest BCUT2D eigenvalue weighted by molar-refractivity contribution is 0.292. The summed E-state index contributed by atoms with van der Waals surface area (Å²) in [5, 5.41) is 16.3. The molecule has 0 aliphatic heterocycles. The lowest BCUT2D eigenvalue weighted by Crippen LogP contribution is -2.05. The van der Waals surface area contributed by atoms with Gasteiger partial charge in [0.1, 0.15) is 0 Å². The van der Waals surface area contributed by atoms with Gasteiger partial charge >= 0.3 is 0 Å². The zero-order valence-electron chi connectivity index (χ0n) is 9.02. The first-order valence-corrected chi connectivity index (χ1v) is 5.79. The topological polar surface area (TPSA) is 50.1 Å². The molecule has 0 bridgehead atoms. The van der Waals surface area contributed by atoms with Gasteiger partial charge in [-0.15, -0.1) is 0 Å². The predicted octanol–water partition coefficient (Wildman–Crippen LogP) is 1.79. The number of anilines is 1. The zero-order valence-corrected chi connectivity index (χ0v) is 9.02. The molecule has 0 radical (unpaired) electrons. The van der Waals surface area contributed by atoms with Gasteiger partial charge in [0.25, 0.3) is 0 Å². The largest absolute Gasteiger partial charge is 0.396 e. The van der Waals surface area contributed by atoms with Gasteiger partial charge < -0.3 is 10.4 Å². The van der Waals surface area contributed by atoms with E-state index in [1.807, 2.05) is 6.20 Å². The minimum atomic E-state index is 0.240. The smallest absolute Gasteiger partial charge is 0.0726 e. The fourth-order valence-corrected chi connectivity index (χ4v) is 2.11. The van der Waals surface area contributed by atoms with Crippen molar-refractivity contribution in [2.45, 2.75) is 38.1 Å². The maximum absolute atomic E-state index is 8.66. The predicted molar refractivity (Wildman–Crippen MR) is 59.9 cm³/mol. The molecule has 0 atom stereocenters. The average Bonchev–Trinajstić information content (AvgIpc) is 2.87. The lowest BCUT2D eigenvalue weighted by Gasteiger charge is -2.08. The van der Waals surface area contributed by atoms with Crippen LogP contribution in [0.3, 0.4) is 0 Å². The van der Waals surface area contributed by atoms with Gasteiger partial charge in [0.05, 0.1) is 17.9 Å². The Hall–Kier alpha value is -1.03. The normalized spacial score (nSPS) is 17.1. The molecule has 1 heterocycles. The molecule has 1 aromatic rings. The summed E-state index contributed by atoms with van der Waals surface area (Å²) < 4.78 is 2.08. The summed E-state index contributed by atoms with van der Waals surface area (Å²) >= 11 is 0. The molecule has 1 saturated carbocycles. The van der Waals surface area contributed by atoms with Crippen LogP contribution >= 0.6 is 0 Å². The second-order valence-electron chi connectivity index (χ2n) is 4.15. The first kappa shape index (κ1) is 10.5. The molecular formula is C11H19N3O. The van der Waals surface area contributed by atoms with Crippen LogP contribution in [0.25, 0.3) is 0 Å². The molecule has 0 saturated heterocycles. The molecular weight excluding hydrogens is 190 g/mol. The maximum atomic E-state index is 8.66. The van der Waals surface area contributed by atoms with Crippen molar-refractivity contribution < 1.29 is 5.11 Å². The number of rotatable bonds is 5. The van der Waals surface area contributed by atoms with Gasteiger partial charge in [0.15, 0.2) is 0 Å². The molecule has 0 aromatic carbocycles. The van der Waals surface area contributed by atoms with Crippen molar-refractivity contribution in [3.8, 4) is 0 Å². The minimum absolute atomic E-state index is 0.240. The Labute approximate surface area is 90.3 Å². The quantitative estimate of drug-likeness (QED) is 0.727. The molecule has 4 heteroatoms. The highest BCUT2D eigenvalue weighted by Crippen LogP contribution is 2.29. The Kier molecular flexibility index (Phi) is 3.61. The summed E-state index contributed by atoms with van der Waals surface area (Å²) in [7, 11) is 0. The molecule has 1 aromatic heterocycles. The summed E-state index contributed by atoms with van der Waals surface area (Å²) in [6.45, 7) is 1.05. The fraction of sp³-hybridized carbons (Fsp3) is 0.727. The van der Waals surface area contributed by atoms with Crippen LogP contribution in [0.1, 0.15) is 38.1 Å². The molecule has 0 spiro atoms. The molecule has 1 aliphatic carbocycles. The Morgan fingerprint density at radius 2 is 2.27 bits per heavy atom. The van der Waals surface area contributed by atoms with Crippen molar-refractivity contribution >= 4 is 5.69 Å². The third-order valence-electron chi connectivity index (χ3n) is 2.96. The van der Waals surface area contributed by atoms with Gasteiger partial charge in [-0.1, -0.05) is 12.8 Å². The van der Waals surface area contributed by atoms with Crippen molar-refractivity contribution in [3.63, 3.8) is 0 Å². The van der Waals surface area contributed by atoms with Gasteiger partial charge in [-0.25, -0.2) is 0 Å². The molecule has 1 aliphatic rings. The summed E-state index contributed by atoms with van der Waals surface area (Å²) in [5.74, 6) is 0. The van der Waals surface area contributed by atoms with Crippen molar-refractivity contribution in [2.24, 2.45) is 0 Å². The third kappa shape index (κ3) is 2.72. The molecule has 2 rings (SSSR count). The van der Waals surface area contributed by atoms with E-state index >= 15 is 0 Å². The van der Waals surface area contributed by atoms with E-state index in [4.69, 9.17) is 5.11 Å². The first-order valence-electron chi connectivity index (χ1n) is 5.79. The zero-order chi connectivity index (χ0) is 10.5. The van der Waals surface area contributed by atoms with Crippen LogP contribution in [0.5, 0.6) is 0 Å². The number of aliphatic hydroxyl groups excluding tert-OH is 1. The van der Waals surface area contributed by atoms with Crippen molar-refractivity contribution in [1.29, 1.82) is 0 Å². The van der Waals surface area contributed by atoms with Crippen LogP contribution < -0.4 is 5.32 Å². The number of aliphatic hydroxyl groups is 1. The van der Waals surface area contributed by atoms with E-state index in [1.165, 1.54) is 25.7 Å². The summed E-state index contributed by atoms with van der Waals surface area (Å²) in [6.07, 6.45) is 9.92. The standard InChI is InChI=1S/C11H19N3O/c15-7-3-6-12-10-8-13-14(9-10)11-4-1-2-5-11/h8-9,11-12,15H,1-7H2. The van der Waals surface area contributed by atoms with Crippen molar-refractivity contribution in [1.82, 2.24) is 9.78 Å². The van der Waals surface area contributed by atoms with Gasteiger partial charge in [-0.05, 0) is 19.3 Å². The second kappa shape index (κ2) is 5.16. The number of hydrogen-bond acceptors (Lipinski definition) is 3. The van der Waals surface area contributed by atoms with E-state index in [-0.39, 0.29) is 6.61 Å². The molecule has 0 unspecified atom stereocenters. The van der Waals surface area contributed by atoms with E-state index in [0.717, 1.165) is 18.7 Å². The van der Waals surface area contributed by atoms with Crippen LogP contribution in [0.4, 0.5) is 5.69 Å². The SMILES string of the molecule is OCCCNc1cnn(C2CCCC2)c1. The first-order chi connectivity index (χ1) is 7.40. The molecule has 1 fully saturated rings. The monoisotopic (exact) mass is 209 g/mol. The second-order valence-corrected chi connectivity index (χ2v) is 4.15. The highest BCUT2D eigenvalue weighted by molar-refractivity contribution is 5.38. The van der Waals surface area contributed by atoms with Crippen molar-refractivity contribution in [3.05, 3.63) is 12.4 Å². The summed E-state index contributed by atoms with van der Waals surface area (Å²) in [6, 6.07) is 0.610. The van der Waals surface area contributed by atoms with E-state index in [1.54, 1.807) is 0 Å². The molecule has 2 N–H and O–H groups in total. The number of nitrogens with one attached hydrogen (secondary N) is 1. The lowest BCUT2D eigenvalue weighted by atomic mass is 10.3. The number of nitrogens with zero attached hydrogens (tertiary/aromatic N) is 2. The fourth-order valence-electron chi connectivity index (χ4n) is 2.11. The summed E-state index contributed by atoms with van der Waals surface area (Å²) in [4.78, 5) is 0. The maximum Gasteiger partial charge on any atom is 0.0726 e. The third-order valence-corrected chi connectivity index (χ3v) is 2.96. The number of hydrogen-bond donors (Lipinski definition) is 2. The van der Waals surface area contributed by atoms with E-state index < -0.39 is 0 Å². The highest BCUT2D eigenvalue weighted by atomic mass is 16.3. The average molecular weight is 209 g/mol. The van der Waals surface area contributed by atoms with Gasteiger partial charge in [-0.2, -0.15) is 5.10 Å². The molecule has 84 valence electrons. The molecule has 15 heavy (non-hydrogen) atoms. The van der Waals surface area contributed by atoms with Gasteiger partial charge in [-0.3, -0.25) is 4.68 Å². The van der Waals surface area contributed by atoms with E-state index in [2.05, 4.69) is 21.3 Å². The van der Waals surface area contributed by atoms with Gasteiger partial charge in [0, 0.05) is 19.3 Å². The molecule has 0 amide bonds.